The summed E-state index contributed by atoms with van der Waals surface area (Å²) in [6.45, 7) is 2.45. The maximum absolute atomic E-state index is 5.57. The van der Waals surface area contributed by atoms with Crippen molar-refractivity contribution in [1.82, 2.24) is 14.8 Å². The fourth-order valence-electron chi connectivity index (χ4n) is 1.58. The molecule has 1 heterocycles. The molecule has 0 atom stereocenters. The van der Waals surface area contributed by atoms with Gasteiger partial charge in [-0.2, -0.15) is 0 Å². The van der Waals surface area contributed by atoms with E-state index in [-0.39, 0.29) is 0 Å². The minimum atomic E-state index is 0.396. The van der Waals surface area contributed by atoms with Gasteiger partial charge in [-0.3, -0.25) is 0 Å². The summed E-state index contributed by atoms with van der Waals surface area (Å²) in [5.74, 6) is 1.61. The summed E-state index contributed by atoms with van der Waals surface area (Å²) in [5, 5.41) is 8.21. The summed E-state index contributed by atoms with van der Waals surface area (Å²) in [7, 11) is 1.92. The summed E-state index contributed by atoms with van der Waals surface area (Å²) in [6.07, 6.45) is 0. The molecule has 0 saturated carbocycles. The van der Waals surface area contributed by atoms with Gasteiger partial charge in [0, 0.05) is 17.1 Å². The normalized spacial score (nSPS) is 10.8. The predicted molar refractivity (Wildman–Crippen MR) is 66.8 cm³/mol. The molecule has 0 radical (unpaired) electrons. The lowest BCUT2D eigenvalue weighted by atomic mass is 10.1. The Hall–Kier alpha value is -1.20. The number of benzene rings is 1. The van der Waals surface area contributed by atoms with Crippen LogP contribution in [-0.4, -0.2) is 14.8 Å². The van der Waals surface area contributed by atoms with Gasteiger partial charge < -0.3 is 10.3 Å². The van der Waals surface area contributed by atoms with Crippen molar-refractivity contribution in [2.24, 2.45) is 12.8 Å². The second kappa shape index (κ2) is 4.35. The highest BCUT2D eigenvalue weighted by atomic mass is 79.9. The molecule has 0 amide bonds. The molecule has 84 valence electrons. The van der Waals surface area contributed by atoms with E-state index in [1.165, 1.54) is 5.56 Å². The molecule has 0 aliphatic rings. The molecule has 0 unspecified atom stereocenters. The predicted octanol–water partition coefficient (Wildman–Crippen LogP) is 2.01. The van der Waals surface area contributed by atoms with Crippen molar-refractivity contribution < 1.29 is 0 Å². The average molecular weight is 281 g/mol. The van der Waals surface area contributed by atoms with Crippen molar-refractivity contribution in [2.75, 3.05) is 0 Å². The lowest BCUT2D eigenvalue weighted by molar-refractivity contribution is 0.796. The Morgan fingerprint density at radius 1 is 1.38 bits per heavy atom. The molecule has 1 aromatic carbocycles. The van der Waals surface area contributed by atoms with Crippen LogP contribution in [-0.2, 0) is 13.6 Å². The number of hydrogen-bond acceptors (Lipinski definition) is 3. The second-order valence-corrected chi connectivity index (χ2v) is 4.54. The van der Waals surface area contributed by atoms with Crippen molar-refractivity contribution in [1.29, 1.82) is 0 Å². The van der Waals surface area contributed by atoms with Crippen molar-refractivity contribution in [3.05, 3.63) is 34.1 Å². The van der Waals surface area contributed by atoms with E-state index < -0.39 is 0 Å². The van der Waals surface area contributed by atoms with E-state index in [9.17, 15) is 0 Å². The van der Waals surface area contributed by atoms with Gasteiger partial charge in [-0.15, -0.1) is 10.2 Å². The van der Waals surface area contributed by atoms with E-state index in [0.29, 0.717) is 6.54 Å². The van der Waals surface area contributed by atoms with Gasteiger partial charge in [0.25, 0.3) is 0 Å². The Morgan fingerprint density at radius 2 is 2.12 bits per heavy atom. The number of rotatable bonds is 2. The van der Waals surface area contributed by atoms with Gasteiger partial charge in [0.1, 0.15) is 5.82 Å². The van der Waals surface area contributed by atoms with Crippen LogP contribution in [0.2, 0.25) is 0 Å². The van der Waals surface area contributed by atoms with Gasteiger partial charge in [-0.25, -0.2) is 0 Å². The zero-order valence-corrected chi connectivity index (χ0v) is 10.8. The van der Waals surface area contributed by atoms with Crippen molar-refractivity contribution >= 4 is 15.9 Å². The monoisotopic (exact) mass is 280 g/mol. The highest BCUT2D eigenvalue weighted by Gasteiger charge is 2.12. The number of aromatic nitrogens is 3. The van der Waals surface area contributed by atoms with Crippen LogP contribution in [0.3, 0.4) is 0 Å². The van der Waals surface area contributed by atoms with Crippen LogP contribution in [0.5, 0.6) is 0 Å². The molecular formula is C11H13BrN4. The number of halogens is 1. The van der Waals surface area contributed by atoms with Crippen LogP contribution in [0.4, 0.5) is 0 Å². The van der Waals surface area contributed by atoms with E-state index in [0.717, 1.165) is 21.7 Å². The summed E-state index contributed by atoms with van der Waals surface area (Å²) < 4.78 is 2.93. The molecule has 2 N–H and O–H groups in total. The third-order valence-electron chi connectivity index (χ3n) is 2.51. The van der Waals surface area contributed by atoms with Gasteiger partial charge >= 0.3 is 0 Å². The molecule has 4 nitrogen and oxygen atoms in total. The molecule has 1 aromatic heterocycles. The average Bonchev–Trinajstić information content (AvgIpc) is 2.63. The van der Waals surface area contributed by atoms with Crippen LogP contribution < -0.4 is 5.73 Å². The molecule has 5 heteroatoms. The van der Waals surface area contributed by atoms with E-state index >= 15 is 0 Å². The molecule has 0 saturated heterocycles. The first kappa shape index (κ1) is 11.3. The summed E-state index contributed by atoms with van der Waals surface area (Å²) in [4.78, 5) is 0. The fraction of sp³-hybridized carbons (Fsp3) is 0.273. The quantitative estimate of drug-likeness (QED) is 0.916. The SMILES string of the molecule is Cc1ccc(Br)c(-c2nnc(CN)n2C)c1. The number of nitrogens with zero attached hydrogens (tertiary/aromatic N) is 3. The van der Waals surface area contributed by atoms with E-state index in [1.807, 2.05) is 23.7 Å². The highest BCUT2D eigenvalue weighted by Crippen LogP contribution is 2.27. The molecule has 0 bridgehead atoms. The minimum Gasteiger partial charge on any atom is -0.324 e. The topological polar surface area (TPSA) is 56.7 Å². The fourth-order valence-corrected chi connectivity index (χ4v) is 2.01. The first-order chi connectivity index (χ1) is 7.63. The maximum atomic E-state index is 5.57. The number of hydrogen-bond donors (Lipinski definition) is 1. The minimum absolute atomic E-state index is 0.396. The van der Waals surface area contributed by atoms with E-state index in [1.54, 1.807) is 0 Å². The van der Waals surface area contributed by atoms with Gasteiger partial charge in [0.2, 0.25) is 0 Å². The van der Waals surface area contributed by atoms with Crippen molar-refractivity contribution in [3.63, 3.8) is 0 Å². The van der Waals surface area contributed by atoms with Gasteiger partial charge in [0.05, 0.1) is 6.54 Å². The lowest BCUT2D eigenvalue weighted by Crippen LogP contribution is -2.05. The Bertz CT molecular complexity index is 519. The smallest absolute Gasteiger partial charge is 0.164 e. The molecule has 16 heavy (non-hydrogen) atoms. The largest absolute Gasteiger partial charge is 0.324 e. The summed E-state index contributed by atoms with van der Waals surface area (Å²) in [5.41, 5.74) is 7.80. The third kappa shape index (κ3) is 1.88. The highest BCUT2D eigenvalue weighted by molar-refractivity contribution is 9.10. The Morgan fingerprint density at radius 3 is 2.75 bits per heavy atom. The maximum Gasteiger partial charge on any atom is 0.164 e. The van der Waals surface area contributed by atoms with E-state index in [2.05, 4.69) is 39.1 Å². The summed E-state index contributed by atoms with van der Waals surface area (Å²) in [6, 6.07) is 6.14. The molecule has 0 aliphatic carbocycles. The number of nitrogens with two attached hydrogens (primary N) is 1. The molecule has 0 fully saturated rings. The third-order valence-corrected chi connectivity index (χ3v) is 3.20. The first-order valence-electron chi connectivity index (χ1n) is 4.98. The molecule has 0 aliphatic heterocycles. The number of aryl methyl sites for hydroxylation is 1. The Balaban J connectivity index is 2.58. The van der Waals surface area contributed by atoms with Crippen molar-refractivity contribution in [3.8, 4) is 11.4 Å². The van der Waals surface area contributed by atoms with Crippen molar-refractivity contribution in [2.45, 2.75) is 13.5 Å². The van der Waals surface area contributed by atoms with Crippen LogP contribution in [0.1, 0.15) is 11.4 Å². The van der Waals surface area contributed by atoms with Gasteiger partial charge in [-0.1, -0.05) is 27.6 Å². The first-order valence-corrected chi connectivity index (χ1v) is 5.77. The second-order valence-electron chi connectivity index (χ2n) is 3.69. The van der Waals surface area contributed by atoms with Gasteiger partial charge in [0.15, 0.2) is 5.82 Å². The molecule has 2 aromatic rings. The van der Waals surface area contributed by atoms with Crippen LogP contribution in [0, 0.1) is 6.92 Å². The standard InChI is InChI=1S/C11H13BrN4/c1-7-3-4-9(12)8(5-7)11-15-14-10(6-13)16(11)2/h3-5H,6,13H2,1-2H3. The lowest BCUT2D eigenvalue weighted by Gasteiger charge is -2.06. The summed E-state index contributed by atoms with van der Waals surface area (Å²) >= 11 is 3.52. The van der Waals surface area contributed by atoms with E-state index in [4.69, 9.17) is 5.73 Å². The zero-order valence-electron chi connectivity index (χ0n) is 9.24. The Kier molecular flexibility index (Phi) is 3.07. The van der Waals surface area contributed by atoms with Crippen LogP contribution in [0.15, 0.2) is 22.7 Å². The van der Waals surface area contributed by atoms with Gasteiger partial charge in [-0.05, 0) is 19.1 Å². The van der Waals surface area contributed by atoms with Crippen LogP contribution >= 0.6 is 15.9 Å². The zero-order chi connectivity index (χ0) is 11.7. The Labute approximate surface area is 103 Å². The van der Waals surface area contributed by atoms with Crippen LogP contribution in [0.25, 0.3) is 11.4 Å². The molecule has 0 spiro atoms. The molecular weight excluding hydrogens is 268 g/mol. The molecule has 2 rings (SSSR count).